The molecule has 0 spiro atoms. The Labute approximate surface area is 243 Å². The zero-order chi connectivity index (χ0) is 29.1. The average Bonchev–Trinajstić information content (AvgIpc) is 3.28. The van der Waals surface area contributed by atoms with E-state index >= 15 is 0 Å². The molecular formula is C35H29N3O4. The van der Waals surface area contributed by atoms with Crippen LogP contribution in [0.2, 0.25) is 0 Å². The van der Waals surface area contributed by atoms with Crippen molar-refractivity contribution in [1.82, 2.24) is 15.2 Å². The largest absolute Gasteiger partial charge is 0.489 e. The van der Waals surface area contributed by atoms with E-state index in [4.69, 9.17) is 9.72 Å². The molecule has 208 valence electrons. The number of para-hydroxylation sites is 1. The van der Waals surface area contributed by atoms with Crippen LogP contribution in [0.25, 0.3) is 22.2 Å². The van der Waals surface area contributed by atoms with Crippen molar-refractivity contribution in [1.29, 1.82) is 0 Å². The summed E-state index contributed by atoms with van der Waals surface area (Å²) in [7, 11) is 0. The zero-order valence-electron chi connectivity index (χ0n) is 23.1. The number of benzene rings is 4. The molecule has 0 fully saturated rings. The molecule has 7 nitrogen and oxygen atoms in total. The molecule has 1 aliphatic rings. The van der Waals surface area contributed by atoms with E-state index in [1.54, 1.807) is 24.3 Å². The second-order valence-corrected chi connectivity index (χ2v) is 10.0. The number of hydrogen-bond acceptors (Lipinski definition) is 5. The van der Waals surface area contributed by atoms with Gasteiger partial charge in [0.2, 0.25) is 0 Å². The van der Waals surface area contributed by atoms with Gasteiger partial charge in [-0.25, -0.2) is 4.98 Å². The van der Waals surface area contributed by atoms with Gasteiger partial charge in [-0.2, -0.15) is 0 Å². The lowest BCUT2D eigenvalue weighted by Gasteiger charge is -2.22. The van der Waals surface area contributed by atoms with Crippen molar-refractivity contribution < 1.29 is 19.1 Å². The Morgan fingerprint density at radius 3 is 2.07 bits per heavy atom. The normalized spacial score (nSPS) is 13.2. The molecule has 1 aliphatic heterocycles. The lowest BCUT2D eigenvalue weighted by Crippen LogP contribution is -2.34. The monoisotopic (exact) mass is 555 g/mol. The second-order valence-electron chi connectivity index (χ2n) is 10.0. The first-order valence-electron chi connectivity index (χ1n) is 14.0. The number of pyridine rings is 1. The average molecular weight is 556 g/mol. The fourth-order valence-electron chi connectivity index (χ4n) is 5.37. The van der Waals surface area contributed by atoms with Gasteiger partial charge in [-0.3, -0.25) is 19.3 Å². The van der Waals surface area contributed by atoms with Gasteiger partial charge in [0.25, 0.3) is 17.7 Å². The Kier molecular flexibility index (Phi) is 7.47. The molecule has 4 aromatic carbocycles. The van der Waals surface area contributed by atoms with Crippen LogP contribution in [0.4, 0.5) is 0 Å². The number of nitrogens with zero attached hydrogens (tertiary/aromatic N) is 2. The molecule has 42 heavy (non-hydrogen) atoms. The molecule has 0 bridgehead atoms. The Morgan fingerprint density at radius 1 is 0.810 bits per heavy atom. The number of carbonyl (C=O) groups excluding carboxylic acids is 3. The van der Waals surface area contributed by atoms with Gasteiger partial charge in [-0.15, -0.1) is 0 Å². The number of rotatable bonds is 9. The van der Waals surface area contributed by atoms with Crippen LogP contribution in [0, 0.1) is 0 Å². The molecule has 2 heterocycles. The van der Waals surface area contributed by atoms with E-state index in [2.05, 4.69) is 5.32 Å². The zero-order valence-corrected chi connectivity index (χ0v) is 23.1. The maximum absolute atomic E-state index is 14.1. The van der Waals surface area contributed by atoms with Gasteiger partial charge in [0.1, 0.15) is 12.3 Å². The smallest absolute Gasteiger partial charge is 0.261 e. The molecule has 5 aromatic rings. The van der Waals surface area contributed by atoms with Gasteiger partial charge < -0.3 is 10.1 Å². The molecule has 3 amide bonds. The summed E-state index contributed by atoms with van der Waals surface area (Å²) in [5.74, 6) is -0.703. The van der Waals surface area contributed by atoms with Crippen LogP contribution >= 0.6 is 0 Å². The van der Waals surface area contributed by atoms with Gasteiger partial charge in [-0.05, 0) is 30.2 Å². The fraction of sp³-hybridized carbons (Fsp3) is 0.143. The summed E-state index contributed by atoms with van der Waals surface area (Å²) in [6.07, 6.45) is 0.695. The number of fused-ring (bicyclic) bond motifs is 2. The molecule has 0 radical (unpaired) electrons. The topological polar surface area (TPSA) is 88.6 Å². The van der Waals surface area contributed by atoms with E-state index in [0.717, 1.165) is 11.1 Å². The van der Waals surface area contributed by atoms with E-state index in [1.807, 2.05) is 91.9 Å². The van der Waals surface area contributed by atoms with Crippen LogP contribution in [0.1, 0.15) is 56.0 Å². The summed E-state index contributed by atoms with van der Waals surface area (Å²) < 4.78 is 6.36. The lowest BCUT2D eigenvalue weighted by molar-refractivity contribution is 0.0629. The standard InChI is InChI=1S/C35H29N3O4/c1-2-28(23-13-5-3-6-14-23)37-33(39)30-27-19-11-12-20-29(27)36-31(24-15-7-4-8-16-24)32(30)42-22-21-38-34(40)25-17-9-10-18-26(25)35(38)41/h3-20,28H,2,21-22H2,1H3,(H,37,39)/t28-/m0/s1. The highest BCUT2D eigenvalue weighted by molar-refractivity contribution is 6.21. The minimum absolute atomic E-state index is 0.0124. The Balaban J connectivity index is 1.39. The Hall–Kier alpha value is -5.30. The molecule has 0 saturated heterocycles. The molecular weight excluding hydrogens is 526 g/mol. The predicted octanol–water partition coefficient (Wildman–Crippen LogP) is 6.46. The SMILES string of the molecule is CC[C@H](NC(=O)c1c(OCCN2C(=O)c3ccccc3C2=O)c(-c2ccccc2)nc2ccccc12)c1ccccc1. The minimum atomic E-state index is -0.356. The quantitative estimate of drug-likeness (QED) is 0.211. The maximum Gasteiger partial charge on any atom is 0.261 e. The summed E-state index contributed by atoms with van der Waals surface area (Å²) in [5, 5.41) is 3.85. The van der Waals surface area contributed by atoms with Crippen molar-refractivity contribution in [3.63, 3.8) is 0 Å². The van der Waals surface area contributed by atoms with Gasteiger partial charge >= 0.3 is 0 Å². The van der Waals surface area contributed by atoms with Crippen LogP contribution in [0.3, 0.4) is 0 Å². The van der Waals surface area contributed by atoms with Gasteiger partial charge in [0.15, 0.2) is 5.75 Å². The molecule has 0 aliphatic carbocycles. The van der Waals surface area contributed by atoms with Crippen molar-refractivity contribution >= 4 is 28.6 Å². The van der Waals surface area contributed by atoms with Gasteiger partial charge in [-0.1, -0.05) is 97.9 Å². The van der Waals surface area contributed by atoms with E-state index in [9.17, 15) is 14.4 Å². The summed E-state index contributed by atoms with van der Waals surface area (Å²) in [6, 6.07) is 33.4. The Morgan fingerprint density at radius 2 is 1.40 bits per heavy atom. The summed E-state index contributed by atoms with van der Waals surface area (Å²) >= 11 is 0. The van der Waals surface area contributed by atoms with Crippen LogP contribution in [0.15, 0.2) is 109 Å². The number of ether oxygens (including phenoxy) is 1. The van der Waals surface area contributed by atoms with Crippen molar-refractivity contribution in [3.05, 3.63) is 131 Å². The number of hydrogen-bond donors (Lipinski definition) is 1. The third kappa shape index (κ3) is 5.01. The van der Waals surface area contributed by atoms with Gasteiger partial charge in [0, 0.05) is 10.9 Å². The number of imide groups is 1. The molecule has 0 unspecified atom stereocenters. The lowest BCUT2D eigenvalue weighted by atomic mass is 10.00. The van der Waals surface area contributed by atoms with Crippen LogP contribution in [-0.4, -0.2) is 40.8 Å². The predicted molar refractivity (Wildman–Crippen MR) is 161 cm³/mol. The highest BCUT2D eigenvalue weighted by atomic mass is 16.5. The van der Waals surface area contributed by atoms with Crippen molar-refractivity contribution in [2.45, 2.75) is 19.4 Å². The van der Waals surface area contributed by atoms with E-state index in [-0.39, 0.29) is 36.9 Å². The van der Waals surface area contributed by atoms with Crippen molar-refractivity contribution in [3.8, 4) is 17.0 Å². The maximum atomic E-state index is 14.1. The molecule has 1 aromatic heterocycles. The van der Waals surface area contributed by atoms with Crippen LogP contribution in [0.5, 0.6) is 5.75 Å². The Bertz CT molecular complexity index is 1750. The second kappa shape index (κ2) is 11.7. The summed E-state index contributed by atoms with van der Waals surface area (Å²) in [4.78, 5) is 46.1. The van der Waals surface area contributed by atoms with E-state index < -0.39 is 0 Å². The van der Waals surface area contributed by atoms with Crippen molar-refractivity contribution in [2.75, 3.05) is 13.2 Å². The van der Waals surface area contributed by atoms with Gasteiger partial charge in [0.05, 0.1) is 34.8 Å². The summed E-state index contributed by atoms with van der Waals surface area (Å²) in [5.41, 5.74) is 4.07. The molecule has 1 atom stereocenters. The van der Waals surface area contributed by atoms with Crippen LogP contribution in [-0.2, 0) is 0 Å². The number of aromatic nitrogens is 1. The first-order valence-corrected chi connectivity index (χ1v) is 14.0. The third-order valence-electron chi connectivity index (χ3n) is 7.48. The van der Waals surface area contributed by atoms with E-state index in [0.29, 0.717) is 45.5 Å². The number of nitrogens with one attached hydrogen (secondary N) is 1. The first-order chi connectivity index (χ1) is 20.6. The van der Waals surface area contributed by atoms with Crippen LogP contribution < -0.4 is 10.1 Å². The summed E-state index contributed by atoms with van der Waals surface area (Å²) in [6.45, 7) is 2.04. The highest BCUT2D eigenvalue weighted by Gasteiger charge is 2.35. The molecule has 7 heteroatoms. The number of carbonyl (C=O) groups is 3. The highest BCUT2D eigenvalue weighted by Crippen LogP contribution is 2.37. The first kappa shape index (κ1) is 26.9. The fourth-order valence-corrected chi connectivity index (χ4v) is 5.37. The molecule has 0 saturated carbocycles. The molecule has 6 rings (SSSR count). The molecule has 1 N–H and O–H groups in total. The third-order valence-corrected chi connectivity index (χ3v) is 7.48. The minimum Gasteiger partial charge on any atom is -0.489 e. The van der Waals surface area contributed by atoms with Crippen molar-refractivity contribution in [2.24, 2.45) is 0 Å². The van der Waals surface area contributed by atoms with E-state index in [1.165, 1.54) is 4.90 Å². The number of amides is 3.